The number of rotatable bonds is 9. The minimum absolute atomic E-state index is 0.113. The van der Waals surface area contributed by atoms with Crippen molar-refractivity contribution in [1.82, 2.24) is 4.90 Å². The molecule has 0 radical (unpaired) electrons. The molecule has 7 nitrogen and oxygen atoms in total. The molecule has 1 unspecified atom stereocenters. The van der Waals surface area contributed by atoms with Crippen LogP contribution in [0.25, 0.3) is 0 Å². The average Bonchev–Trinajstić information content (AvgIpc) is 3.24. The van der Waals surface area contributed by atoms with Gasteiger partial charge in [-0.3, -0.25) is 14.7 Å². The molecule has 192 valence electrons. The number of fused-ring (bicyclic) bond motifs is 1. The fourth-order valence-corrected chi connectivity index (χ4v) is 4.81. The Morgan fingerprint density at radius 2 is 1.65 bits per heavy atom. The fourth-order valence-electron chi connectivity index (χ4n) is 4.81. The summed E-state index contributed by atoms with van der Waals surface area (Å²) in [5, 5.41) is 3.04. The molecule has 3 aromatic rings. The molecule has 1 saturated heterocycles. The lowest BCUT2D eigenvalue weighted by Gasteiger charge is -2.26. The summed E-state index contributed by atoms with van der Waals surface area (Å²) in [6.07, 6.45) is 0. The summed E-state index contributed by atoms with van der Waals surface area (Å²) in [6, 6.07) is 21.9. The molecule has 5 rings (SSSR count). The molecule has 0 aliphatic carbocycles. The lowest BCUT2D eigenvalue weighted by molar-refractivity contribution is -0.115. The van der Waals surface area contributed by atoms with Gasteiger partial charge in [0.15, 0.2) is 11.5 Å². The minimum atomic E-state index is -0.569. The van der Waals surface area contributed by atoms with Crippen molar-refractivity contribution >= 4 is 23.0 Å². The Kier molecular flexibility index (Phi) is 7.82. The topological polar surface area (TPSA) is 72.4 Å². The van der Waals surface area contributed by atoms with E-state index in [-0.39, 0.29) is 5.91 Å². The van der Waals surface area contributed by atoms with Crippen molar-refractivity contribution in [3.05, 3.63) is 83.4 Å². The first-order chi connectivity index (χ1) is 18.2. The normalized spacial score (nSPS) is 17.8. The van der Waals surface area contributed by atoms with Crippen LogP contribution in [-0.4, -0.2) is 56.0 Å². The number of hydrogen-bond donors (Lipinski definition) is 1. The Labute approximate surface area is 218 Å². The van der Waals surface area contributed by atoms with Crippen LogP contribution in [-0.2, 0) is 16.1 Å². The molecule has 0 bridgehead atoms. The summed E-state index contributed by atoms with van der Waals surface area (Å²) in [6.45, 7) is 9.22. The Bertz CT molecular complexity index is 1250. The van der Waals surface area contributed by atoms with Crippen LogP contribution in [0, 0.1) is 0 Å². The van der Waals surface area contributed by atoms with E-state index in [2.05, 4.69) is 22.3 Å². The van der Waals surface area contributed by atoms with Crippen LogP contribution in [0.2, 0.25) is 0 Å². The maximum Gasteiger partial charge on any atom is 0.238 e. The zero-order valence-electron chi connectivity index (χ0n) is 21.4. The highest BCUT2D eigenvalue weighted by atomic mass is 16.5. The van der Waals surface area contributed by atoms with Crippen LogP contribution in [0.1, 0.15) is 36.5 Å². The monoisotopic (exact) mass is 499 g/mol. The van der Waals surface area contributed by atoms with Gasteiger partial charge in [-0.15, -0.1) is 0 Å². The van der Waals surface area contributed by atoms with E-state index in [9.17, 15) is 4.79 Å². The second kappa shape index (κ2) is 11.6. The van der Waals surface area contributed by atoms with E-state index in [4.69, 9.17) is 19.2 Å². The van der Waals surface area contributed by atoms with Crippen LogP contribution in [0.15, 0.2) is 71.7 Å². The van der Waals surface area contributed by atoms with Gasteiger partial charge in [-0.25, -0.2) is 0 Å². The molecule has 0 spiro atoms. The van der Waals surface area contributed by atoms with Crippen molar-refractivity contribution in [3.8, 4) is 11.5 Å². The molecule has 1 N–H and O–H groups in total. The number of aliphatic imine (C=N–C) groups is 1. The SMILES string of the molecule is CCOc1cc2c(cc1OCC)C(C(=Nc1ccc(CN3CCOCC3)cc1)c1ccccc1)C(=O)N2. The van der Waals surface area contributed by atoms with Gasteiger partial charge in [-0.1, -0.05) is 42.5 Å². The van der Waals surface area contributed by atoms with Gasteiger partial charge in [0, 0.05) is 31.4 Å². The van der Waals surface area contributed by atoms with Gasteiger partial charge in [0.25, 0.3) is 0 Å². The van der Waals surface area contributed by atoms with Gasteiger partial charge in [-0.2, -0.15) is 0 Å². The molecule has 1 atom stereocenters. The molecule has 1 amide bonds. The molecule has 37 heavy (non-hydrogen) atoms. The van der Waals surface area contributed by atoms with Crippen molar-refractivity contribution in [1.29, 1.82) is 0 Å². The number of hydrogen-bond acceptors (Lipinski definition) is 6. The third-order valence-electron chi connectivity index (χ3n) is 6.59. The smallest absolute Gasteiger partial charge is 0.238 e. The summed E-state index contributed by atoms with van der Waals surface area (Å²) >= 11 is 0. The first-order valence-electron chi connectivity index (χ1n) is 12.9. The second-order valence-electron chi connectivity index (χ2n) is 9.09. The van der Waals surface area contributed by atoms with Crippen LogP contribution in [0.5, 0.6) is 11.5 Å². The van der Waals surface area contributed by atoms with Crippen molar-refractivity contribution in [2.45, 2.75) is 26.3 Å². The first-order valence-corrected chi connectivity index (χ1v) is 12.9. The number of carbonyl (C=O) groups excluding carboxylic acids is 1. The minimum Gasteiger partial charge on any atom is -0.490 e. The van der Waals surface area contributed by atoms with Crippen LogP contribution < -0.4 is 14.8 Å². The lowest BCUT2D eigenvalue weighted by Crippen LogP contribution is -2.35. The highest BCUT2D eigenvalue weighted by Gasteiger charge is 2.37. The molecule has 3 aromatic carbocycles. The second-order valence-corrected chi connectivity index (χ2v) is 9.09. The number of nitrogens with one attached hydrogen (secondary N) is 1. The zero-order valence-corrected chi connectivity index (χ0v) is 21.4. The molecular formula is C30H33N3O4. The zero-order chi connectivity index (χ0) is 25.6. The van der Waals surface area contributed by atoms with Gasteiger partial charge in [0.2, 0.25) is 5.91 Å². The summed E-state index contributed by atoms with van der Waals surface area (Å²) in [5.74, 6) is 0.570. The number of benzene rings is 3. The lowest BCUT2D eigenvalue weighted by atomic mass is 9.90. The summed E-state index contributed by atoms with van der Waals surface area (Å²) in [4.78, 5) is 20.8. The predicted molar refractivity (Wildman–Crippen MR) is 145 cm³/mol. The van der Waals surface area contributed by atoms with Crippen molar-refractivity contribution in [3.63, 3.8) is 0 Å². The van der Waals surface area contributed by atoms with Crippen molar-refractivity contribution in [2.75, 3.05) is 44.8 Å². The van der Waals surface area contributed by atoms with Gasteiger partial charge in [0.05, 0.1) is 37.8 Å². The first kappa shape index (κ1) is 25.0. The highest BCUT2D eigenvalue weighted by Crippen LogP contribution is 2.43. The standard InChI is InChI=1S/C30H33N3O4/c1-3-36-26-18-24-25(19-27(26)37-4-2)32-30(34)28(24)29(22-8-6-5-7-9-22)31-23-12-10-21(11-13-23)20-33-14-16-35-17-15-33/h5-13,18-19,28H,3-4,14-17,20H2,1-2H3,(H,32,34). The highest BCUT2D eigenvalue weighted by molar-refractivity contribution is 6.24. The Morgan fingerprint density at radius 1 is 0.973 bits per heavy atom. The Balaban J connectivity index is 1.50. The molecule has 7 heteroatoms. The number of morpholine rings is 1. The third kappa shape index (κ3) is 5.68. The number of anilines is 1. The molecular weight excluding hydrogens is 466 g/mol. The van der Waals surface area contributed by atoms with Crippen LogP contribution in [0.4, 0.5) is 11.4 Å². The molecule has 2 aliphatic rings. The molecule has 2 aliphatic heterocycles. The van der Waals surface area contributed by atoms with E-state index in [0.717, 1.165) is 55.3 Å². The maximum atomic E-state index is 13.4. The van der Waals surface area contributed by atoms with Gasteiger partial charge < -0.3 is 19.5 Å². The quantitative estimate of drug-likeness (QED) is 0.411. The van der Waals surface area contributed by atoms with E-state index < -0.39 is 5.92 Å². The van der Waals surface area contributed by atoms with E-state index in [0.29, 0.717) is 30.4 Å². The van der Waals surface area contributed by atoms with E-state index in [1.807, 2.05) is 68.4 Å². The number of amides is 1. The fraction of sp³-hybridized carbons (Fsp3) is 0.333. The average molecular weight is 500 g/mol. The summed E-state index contributed by atoms with van der Waals surface area (Å²) in [7, 11) is 0. The molecule has 0 saturated carbocycles. The summed E-state index contributed by atoms with van der Waals surface area (Å²) in [5.41, 5.74) is 5.21. The van der Waals surface area contributed by atoms with Crippen molar-refractivity contribution in [2.24, 2.45) is 4.99 Å². The van der Waals surface area contributed by atoms with Crippen molar-refractivity contribution < 1.29 is 19.0 Å². The maximum absolute atomic E-state index is 13.4. The van der Waals surface area contributed by atoms with E-state index in [1.165, 1.54) is 5.56 Å². The number of carbonyl (C=O) groups is 1. The predicted octanol–water partition coefficient (Wildman–Crippen LogP) is 5.17. The Morgan fingerprint density at radius 3 is 2.32 bits per heavy atom. The van der Waals surface area contributed by atoms with Crippen LogP contribution in [0.3, 0.4) is 0 Å². The molecule has 1 fully saturated rings. The molecule has 0 aromatic heterocycles. The largest absolute Gasteiger partial charge is 0.490 e. The van der Waals surface area contributed by atoms with Gasteiger partial charge in [-0.05, 0) is 48.7 Å². The molecule has 2 heterocycles. The van der Waals surface area contributed by atoms with Crippen LogP contribution >= 0.6 is 0 Å². The Hall–Kier alpha value is -3.68. The van der Waals surface area contributed by atoms with Gasteiger partial charge in [0.1, 0.15) is 5.92 Å². The van der Waals surface area contributed by atoms with E-state index >= 15 is 0 Å². The number of ether oxygens (including phenoxy) is 3. The third-order valence-corrected chi connectivity index (χ3v) is 6.59. The number of nitrogens with zero attached hydrogens (tertiary/aromatic N) is 2. The van der Waals surface area contributed by atoms with E-state index in [1.54, 1.807) is 0 Å². The summed E-state index contributed by atoms with van der Waals surface area (Å²) < 4.78 is 17.1. The van der Waals surface area contributed by atoms with Gasteiger partial charge >= 0.3 is 0 Å².